The Morgan fingerprint density at radius 2 is 1.66 bits per heavy atom. The summed E-state index contributed by atoms with van der Waals surface area (Å²) >= 11 is 0. The Hall–Kier alpha value is -2.97. The molecule has 3 aliphatic heterocycles. The number of amides is 1. The molecule has 0 aromatic rings. The number of allylic oxidation sites excluding steroid dienone is 5. The Labute approximate surface area is 244 Å². The summed E-state index contributed by atoms with van der Waals surface area (Å²) in [6.07, 6.45) is 22.6. The molecule has 7 atom stereocenters. The fourth-order valence-corrected chi connectivity index (χ4v) is 5.59. The quantitative estimate of drug-likeness (QED) is 0.201. The first-order valence-electron chi connectivity index (χ1n) is 14.9. The highest BCUT2D eigenvalue weighted by molar-refractivity contribution is 5.82. The molecule has 41 heavy (non-hydrogen) atoms. The van der Waals surface area contributed by atoms with E-state index in [-0.39, 0.29) is 48.6 Å². The molecule has 7 unspecified atom stereocenters. The summed E-state index contributed by atoms with van der Waals surface area (Å²) in [6, 6.07) is 0. The largest absolute Gasteiger partial charge is 0.466 e. The maximum absolute atomic E-state index is 13.2. The number of carbonyl (C=O) groups is 3. The maximum atomic E-state index is 13.2. The van der Waals surface area contributed by atoms with Gasteiger partial charge in [0.15, 0.2) is 0 Å². The van der Waals surface area contributed by atoms with Crippen molar-refractivity contribution in [3.8, 4) is 0 Å². The molecule has 2 saturated heterocycles. The molecule has 1 amide bonds. The molecule has 0 aliphatic carbocycles. The van der Waals surface area contributed by atoms with E-state index in [1.807, 2.05) is 37.3 Å². The number of hydrogen-bond acceptors (Lipinski definition) is 7. The minimum Gasteiger partial charge on any atom is -0.466 e. The van der Waals surface area contributed by atoms with Crippen molar-refractivity contribution in [2.75, 3.05) is 14.2 Å². The van der Waals surface area contributed by atoms with Gasteiger partial charge in [-0.05, 0) is 50.5 Å². The van der Waals surface area contributed by atoms with E-state index in [1.54, 1.807) is 13.1 Å². The van der Waals surface area contributed by atoms with Crippen molar-refractivity contribution in [2.24, 2.45) is 11.8 Å². The number of cyclic esters (lactones) is 1. The first-order chi connectivity index (χ1) is 19.7. The first kappa shape index (κ1) is 32.5. The van der Waals surface area contributed by atoms with E-state index in [9.17, 15) is 14.4 Å². The third kappa shape index (κ3) is 11.8. The number of esters is 2. The van der Waals surface area contributed by atoms with E-state index in [1.165, 1.54) is 13.2 Å². The lowest BCUT2D eigenvalue weighted by Gasteiger charge is -2.37. The fourth-order valence-electron chi connectivity index (χ4n) is 5.59. The molecule has 8 heteroatoms. The van der Waals surface area contributed by atoms with Crippen LogP contribution in [-0.4, -0.2) is 62.5 Å². The van der Waals surface area contributed by atoms with E-state index in [2.05, 4.69) is 24.4 Å². The normalized spacial score (nSPS) is 33.6. The summed E-state index contributed by atoms with van der Waals surface area (Å²) in [5.74, 6) is -0.503. The van der Waals surface area contributed by atoms with E-state index in [0.717, 1.165) is 37.7 Å². The highest BCUT2D eigenvalue weighted by Crippen LogP contribution is 2.33. The van der Waals surface area contributed by atoms with Crippen molar-refractivity contribution in [3.05, 3.63) is 60.3 Å². The second-order valence-corrected chi connectivity index (χ2v) is 11.4. The Morgan fingerprint density at radius 1 is 0.951 bits per heavy atom. The van der Waals surface area contributed by atoms with Gasteiger partial charge in [-0.1, -0.05) is 62.0 Å². The summed E-state index contributed by atoms with van der Waals surface area (Å²) in [6.45, 7) is 4.24. The Balaban J connectivity index is 1.78. The minimum absolute atomic E-state index is 0.0439. The Morgan fingerprint density at radius 3 is 2.41 bits per heavy atom. The minimum atomic E-state index is -0.460. The van der Waals surface area contributed by atoms with Crippen LogP contribution in [0.5, 0.6) is 0 Å². The molecule has 0 radical (unpaired) electrons. The van der Waals surface area contributed by atoms with Crippen LogP contribution < -0.4 is 5.32 Å². The van der Waals surface area contributed by atoms with Gasteiger partial charge in [-0.2, -0.15) is 0 Å². The van der Waals surface area contributed by atoms with Gasteiger partial charge in [-0.15, -0.1) is 0 Å². The lowest BCUT2D eigenvalue weighted by molar-refractivity contribution is -0.154. The van der Waals surface area contributed by atoms with Crippen LogP contribution in [0.3, 0.4) is 0 Å². The number of methoxy groups -OCH3 is 1. The molecular weight excluding hydrogens is 522 g/mol. The second kappa shape index (κ2) is 17.1. The molecule has 0 saturated carbocycles. The van der Waals surface area contributed by atoms with Crippen LogP contribution in [0.1, 0.15) is 71.6 Å². The van der Waals surface area contributed by atoms with E-state index >= 15 is 0 Å². The van der Waals surface area contributed by atoms with Gasteiger partial charge in [0.2, 0.25) is 5.91 Å². The third-order valence-corrected chi connectivity index (χ3v) is 7.76. The zero-order valence-electron chi connectivity index (χ0n) is 25.0. The Kier molecular flexibility index (Phi) is 13.6. The first-order valence-corrected chi connectivity index (χ1v) is 14.9. The average molecular weight is 570 g/mol. The molecule has 0 aromatic carbocycles. The SMILES string of the molecule is CNC(=O)C/C=C/C=C\C=C\C1OC(=O)CC2C/C(=C\C(=O)OC)CC(CC3CCCC(CC(C)/C=C/C1C)O3)O2. The molecule has 3 heterocycles. The number of carbonyl (C=O) groups excluding carboxylic acids is 3. The molecule has 2 fully saturated rings. The number of ether oxygens (including phenoxy) is 4. The maximum Gasteiger partial charge on any atom is 0.330 e. The van der Waals surface area contributed by atoms with Crippen LogP contribution in [0.4, 0.5) is 0 Å². The van der Waals surface area contributed by atoms with Gasteiger partial charge in [0.25, 0.3) is 0 Å². The molecule has 0 aromatic heterocycles. The van der Waals surface area contributed by atoms with Crippen LogP contribution in [-0.2, 0) is 33.3 Å². The predicted molar refractivity (Wildman–Crippen MR) is 158 cm³/mol. The van der Waals surface area contributed by atoms with Crippen LogP contribution >= 0.6 is 0 Å². The van der Waals surface area contributed by atoms with E-state index in [4.69, 9.17) is 18.9 Å². The van der Waals surface area contributed by atoms with Crippen LogP contribution in [0.2, 0.25) is 0 Å². The number of fused-ring (bicyclic) bond motifs is 4. The summed E-state index contributed by atoms with van der Waals surface area (Å²) < 4.78 is 23.7. The van der Waals surface area contributed by atoms with Crippen molar-refractivity contribution < 1.29 is 33.3 Å². The molecule has 4 bridgehead atoms. The van der Waals surface area contributed by atoms with Crippen molar-refractivity contribution in [3.63, 3.8) is 0 Å². The Bertz CT molecular complexity index is 1030. The van der Waals surface area contributed by atoms with E-state index < -0.39 is 12.1 Å². The van der Waals surface area contributed by atoms with Gasteiger partial charge in [0, 0.05) is 31.9 Å². The lowest BCUT2D eigenvalue weighted by Crippen LogP contribution is -2.37. The molecule has 1 N–H and O–H groups in total. The molecule has 226 valence electrons. The topological polar surface area (TPSA) is 100 Å². The molecule has 3 rings (SSSR count). The van der Waals surface area contributed by atoms with Crippen molar-refractivity contribution in [1.82, 2.24) is 5.32 Å². The van der Waals surface area contributed by atoms with Crippen LogP contribution in [0.15, 0.2) is 60.3 Å². The van der Waals surface area contributed by atoms with Crippen molar-refractivity contribution in [2.45, 2.75) is 102 Å². The highest BCUT2D eigenvalue weighted by Gasteiger charge is 2.33. The predicted octanol–water partition coefficient (Wildman–Crippen LogP) is 5.30. The molecule has 8 nitrogen and oxygen atoms in total. The van der Waals surface area contributed by atoms with Gasteiger partial charge in [0.05, 0.1) is 37.9 Å². The second-order valence-electron chi connectivity index (χ2n) is 11.4. The van der Waals surface area contributed by atoms with Gasteiger partial charge in [-0.3, -0.25) is 9.59 Å². The van der Waals surface area contributed by atoms with Crippen molar-refractivity contribution >= 4 is 17.8 Å². The fraction of sp³-hybridized carbons (Fsp3) is 0.606. The van der Waals surface area contributed by atoms with Gasteiger partial charge < -0.3 is 24.3 Å². The number of rotatable bonds is 6. The van der Waals surface area contributed by atoms with Gasteiger partial charge in [0.1, 0.15) is 6.10 Å². The van der Waals surface area contributed by atoms with Crippen molar-refractivity contribution in [1.29, 1.82) is 0 Å². The molecule has 0 spiro atoms. The zero-order valence-corrected chi connectivity index (χ0v) is 25.0. The standard InChI is InChI=1S/C33H47NO7/c1-23-15-16-24(2)30(13-8-6-5-7-9-14-31(35)34-3)41-33(37)22-29-19-25(20-32(36)38-4)18-28(40-29)21-27-12-10-11-26(17-23)39-27/h5-9,13,15-16,20,23-24,26-30H,10-12,14,17-19,21-22H2,1-4H3,(H,34,35)/b6-5-,9-7+,13-8+,16-15+,25-20-. The zero-order chi connectivity index (χ0) is 29.6. The summed E-state index contributed by atoms with van der Waals surface area (Å²) in [5.41, 5.74) is 0.926. The highest BCUT2D eigenvalue weighted by atomic mass is 16.6. The monoisotopic (exact) mass is 569 g/mol. The lowest BCUT2D eigenvalue weighted by atomic mass is 9.89. The summed E-state index contributed by atoms with van der Waals surface area (Å²) in [5, 5.41) is 2.58. The van der Waals surface area contributed by atoms with E-state index in [0.29, 0.717) is 25.2 Å². The average Bonchev–Trinajstić information content (AvgIpc) is 2.94. The molecular formula is C33H47NO7. The third-order valence-electron chi connectivity index (χ3n) is 7.76. The summed E-state index contributed by atoms with van der Waals surface area (Å²) in [7, 11) is 2.98. The summed E-state index contributed by atoms with van der Waals surface area (Å²) in [4.78, 5) is 36.5. The number of nitrogens with one attached hydrogen (secondary N) is 1. The van der Waals surface area contributed by atoms with Crippen LogP contribution in [0.25, 0.3) is 0 Å². The number of hydrogen-bond donors (Lipinski definition) is 1. The smallest absolute Gasteiger partial charge is 0.330 e. The molecule has 3 aliphatic rings. The van der Waals surface area contributed by atoms with Gasteiger partial charge >= 0.3 is 11.9 Å². The van der Waals surface area contributed by atoms with Gasteiger partial charge in [-0.25, -0.2) is 4.79 Å². The van der Waals surface area contributed by atoms with Crippen LogP contribution in [0, 0.1) is 11.8 Å².